The average Bonchev–Trinajstić information content (AvgIpc) is 3.17. The minimum Gasteiger partial charge on any atom is -0.296 e. The second kappa shape index (κ2) is 6.09. The van der Waals surface area contributed by atoms with Gasteiger partial charge in [-0.1, -0.05) is 29.5 Å². The molecule has 0 fully saturated rings. The molecule has 1 aromatic carbocycles. The van der Waals surface area contributed by atoms with Gasteiger partial charge in [0, 0.05) is 0 Å². The molecule has 0 bridgehead atoms. The zero-order valence-corrected chi connectivity index (χ0v) is 12.9. The number of rotatable bonds is 3. The van der Waals surface area contributed by atoms with Gasteiger partial charge < -0.3 is 0 Å². The minimum absolute atomic E-state index is 0.148. The molecule has 0 aliphatic rings. The van der Waals surface area contributed by atoms with Crippen LogP contribution in [0, 0.1) is 0 Å². The smallest absolute Gasteiger partial charge is 0.296 e. The van der Waals surface area contributed by atoms with Crippen molar-refractivity contribution in [3.8, 4) is 9.88 Å². The zero-order valence-electron chi connectivity index (χ0n) is 11.3. The molecule has 3 rings (SSSR count). The lowest BCUT2D eigenvalue weighted by molar-refractivity contribution is -0.137. The molecule has 0 radical (unpaired) electrons. The second-order valence-electron chi connectivity index (χ2n) is 4.39. The monoisotopic (exact) mass is 355 g/mol. The summed E-state index contributed by atoms with van der Waals surface area (Å²) in [7, 11) is 0. The number of anilines is 1. The molecule has 0 saturated carbocycles. The number of alkyl halides is 3. The minimum atomic E-state index is -4.60. The van der Waals surface area contributed by atoms with Gasteiger partial charge in [0.2, 0.25) is 5.13 Å². The summed E-state index contributed by atoms with van der Waals surface area (Å²) in [5, 5.41) is 12.7. The number of aromatic nitrogens is 2. The van der Waals surface area contributed by atoms with Crippen LogP contribution in [-0.2, 0) is 6.18 Å². The van der Waals surface area contributed by atoms with Crippen molar-refractivity contribution < 1.29 is 18.0 Å². The molecule has 1 amide bonds. The van der Waals surface area contributed by atoms with E-state index in [4.69, 9.17) is 0 Å². The summed E-state index contributed by atoms with van der Waals surface area (Å²) in [4.78, 5) is 13.0. The Balaban J connectivity index is 1.83. The predicted octanol–water partition coefficient (Wildman–Crippen LogP) is 4.54. The highest BCUT2D eigenvalue weighted by Gasteiger charge is 2.35. The molecular formula is C14H8F3N3OS2. The van der Waals surface area contributed by atoms with Gasteiger partial charge >= 0.3 is 6.18 Å². The first kappa shape index (κ1) is 15.6. The molecule has 9 heteroatoms. The van der Waals surface area contributed by atoms with Crippen LogP contribution in [0.5, 0.6) is 0 Å². The Morgan fingerprint density at radius 2 is 1.87 bits per heavy atom. The standard InChI is InChI=1S/C14H8F3N3OS2/c15-14(16,17)9-5-2-1-4-8(9)11(21)18-13-20-19-12(23-13)10-6-3-7-22-10/h1-7H,(H,18,20,21). The first-order valence-electron chi connectivity index (χ1n) is 6.30. The van der Waals surface area contributed by atoms with Crippen molar-refractivity contribution in [3.05, 3.63) is 52.9 Å². The lowest BCUT2D eigenvalue weighted by atomic mass is 10.1. The third-order valence-electron chi connectivity index (χ3n) is 2.85. The van der Waals surface area contributed by atoms with Crippen molar-refractivity contribution in [3.63, 3.8) is 0 Å². The lowest BCUT2D eigenvalue weighted by Gasteiger charge is -2.11. The summed E-state index contributed by atoms with van der Waals surface area (Å²) < 4.78 is 38.8. The quantitative estimate of drug-likeness (QED) is 0.751. The SMILES string of the molecule is O=C(Nc1nnc(-c2cccs2)s1)c1ccccc1C(F)(F)F. The van der Waals surface area contributed by atoms with E-state index in [1.807, 2.05) is 17.5 Å². The van der Waals surface area contributed by atoms with E-state index in [0.717, 1.165) is 28.3 Å². The van der Waals surface area contributed by atoms with Crippen LogP contribution in [0.4, 0.5) is 18.3 Å². The van der Waals surface area contributed by atoms with Gasteiger partial charge in [0.25, 0.3) is 5.91 Å². The number of carbonyl (C=O) groups excluding carboxylic acids is 1. The summed E-state index contributed by atoms with van der Waals surface area (Å²) in [6.07, 6.45) is -4.60. The number of nitrogens with zero attached hydrogens (tertiary/aromatic N) is 2. The van der Waals surface area contributed by atoms with E-state index in [2.05, 4.69) is 15.5 Å². The van der Waals surface area contributed by atoms with Crippen molar-refractivity contribution in [2.75, 3.05) is 5.32 Å². The van der Waals surface area contributed by atoms with Crippen molar-refractivity contribution >= 4 is 33.7 Å². The number of hydrogen-bond acceptors (Lipinski definition) is 5. The molecule has 0 unspecified atom stereocenters. The highest BCUT2D eigenvalue weighted by Crippen LogP contribution is 2.33. The summed E-state index contributed by atoms with van der Waals surface area (Å²) in [6, 6.07) is 8.29. The maximum absolute atomic E-state index is 12.9. The molecule has 0 spiro atoms. The van der Waals surface area contributed by atoms with E-state index >= 15 is 0 Å². The fourth-order valence-corrected chi connectivity index (χ4v) is 3.40. The fourth-order valence-electron chi connectivity index (χ4n) is 1.87. The average molecular weight is 355 g/mol. The largest absolute Gasteiger partial charge is 0.417 e. The van der Waals surface area contributed by atoms with Gasteiger partial charge in [-0.15, -0.1) is 21.5 Å². The van der Waals surface area contributed by atoms with Crippen molar-refractivity contribution in [1.29, 1.82) is 0 Å². The van der Waals surface area contributed by atoms with E-state index in [-0.39, 0.29) is 5.13 Å². The Morgan fingerprint density at radius 3 is 2.57 bits per heavy atom. The summed E-state index contributed by atoms with van der Waals surface area (Å²) in [5.41, 5.74) is -1.44. The molecule has 0 aliphatic heterocycles. The number of hydrogen-bond donors (Lipinski definition) is 1. The highest BCUT2D eigenvalue weighted by atomic mass is 32.1. The van der Waals surface area contributed by atoms with E-state index in [1.165, 1.54) is 23.5 Å². The molecule has 2 aromatic heterocycles. The first-order chi connectivity index (χ1) is 10.9. The molecule has 0 saturated heterocycles. The Kier molecular flexibility index (Phi) is 4.14. The molecule has 4 nitrogen and oxygen atoms in total. The van der Waals surface area contributed by atoms with E-state index in [0.29, 0.717) is 5.01 Å². The highest BCUT2D eigenvalue weighted by molar-refractivity contribution is 7.23. The van der Waals surface area contributed by atoms with E-state index < -0.39 is 23.2 Å². The molecule has 1 N–H and O–H groups in total. The van der Waals surface area contributed by atoms with E-state index in [1.54, 1.807) is 0 Å². The maximum Gasteiger partial charge on any atom is 0.417 e. The van der Waals surface area contributed by atoms with Crippen molar-refractivity contribution in [2.45, 2.75) is 6.18 Å². The Morgan fingerprint density at radius 1 is 1.09 bits per heavy atom. The van der Waals surface area contributed by atoms with Crippen LogP contribution in [0.15, 0.2) is 41.8 Å². The van der Waals surface area contributed by atoms with Crippen LogP contribution in [0.3, 0.4) is 0 Å². The van der Waals surface area contributed by atoms with Crippen LogP contribution in [0.1, 0.15) is 15.9 Å². The number of amides is 1. The molecular weight excluding hydrogens is 347 g/mol. The zero-order chi connectivity index (χ0) is 16.4. The third-order valence-corrected chi connectivity index (χ3v) is 4.73. The molecule has 2 heterocycles. The summed E-state index contributed by atoms with van der Waals surface area (Å²) in [5.74, 6) is -0.869. The van der Waals surface area contributed by atoms with Gasteiger partial charge in [0.15, 0.2) is 5.01 Å². The predicted molar refractivity (Wildman–Crippen MR) is 82.6 cm³/mol. The van der Waals surface area contributed by atoms with E-state index in [9.17, 15) is 18.0 Å². The molecule has 0 aliphatic carbocycles. The topological polar surface area (TPSA) is 54.9 Å². The Bertz CT molecular complexity index is 828. The van der Waals surface area contributed by atoms with Crippen LogP contribution >= 0.6 is 22.7 Å². The van der Waals surface area contributed by atoms with Gasteiger partial charge in [-0.2, -0.15) is 13.2 Å². The van der Waals surface area contributed by atoms with Crippen LogP contribution in [-0.4, -0.2) is 16.1 Å². The third kappa shape index (κ3) is 3.40. The van der Waals surface area contributed by atoms with Gasteiger partial charge in [0.05, 0.1) is 16.0 Å². The summed E-state index contributed by atoms with van der Waals surface area (Å²) in [6.45, 7) is 0. The second-order valence-corrected chi connectivity index (χ2v) is 6.31. The van der Waals surface area contributed by atoms with Gasteiger partial charge in [-0.25, -0.2) is 0 Å². The molecule has 3 aromatic rings. The molecule has 0 atom stereocenters. The van der Waals surface area contributed by atoms with Crippen LogP contribution in [0.25, 0.3) is 9.88 Å². The van der Waals surface area contributed by atoms with Crippen LogP contribution in [0.2, 0.25) is 0 Å². The number of thiophene rings is 1. The van der Waals surface area contributed by atoms with Gasteiger partial charge in [-0.05, 0) is 23.6 Å². The fraction of sp³-hybridized carbons (Fsp3) is 0.0714. The van der Waals surface area contributed by atoms with Crippen molar-refractivity contribution in [1.82, 2.24) is 10.2 Å². The normalized spacial score (nSPS) is 11.4. The van der Waals surface area contributed by atoms with Crippen LogP contribution < -0.4 is 5.32 Å². The summed E-state index contributed by atoms with van der Waals surface area (Å²) >= 11 is 2.56. The van der Waals surface area contributed by atoms with Crippen molar-refractivity contribution in [2.24, 2.45) is 0 Å². The number of nitrogens with one attached hydrogen (secondary N) is 1. The Labute approximate surface area is 136 Å². The van der Waals surface area contributed by atoms with Gasteiger partial charge in [-0.3, -0.25) is 10.1 Å². The molecule has 118 valence electrons. The maximum atomic E-state index is 12.9. The first-order valence-corrected chi connectivity index (χ1v) is 8.00. The number of carbonyl (C=O) groups is 1. The lowest BCUT2D eigenvalue weighted by Crippen LogP contribution is -2.18. The van der Waals surface area contributed by atoms with Gasteiger partial charge in [0.1, 0.15) is 0 Å². The number of halogens is 3. The number of benzene rings is 1. The molecule has 23 heavy (non-hydrogen) atoms. The Hall–Kier alpha value is -2.26.